The van der Waals surface area contributed by atoms with Gasteiger partial charge in [-0.1, -0.05) is 0 Å². The molecule has 2 rings (SSSR count). The van der Waals surface area contributed by atoms with Gasteiger partial charge in [-0.25, -0.2) is 9.97 Å². The number of rotatable bonds is 5. The van der Waals surface area contributed by atoms with Gasteiger partial charge in [0.25, 0.3) is 0 Å². The molecule has 3 N–H and O–H groups in total. The first-order valence-corrected chi connectivity index (χ1v) is 5.21. The van der Waals surface area contributed by atoms with Crippen LogP contribution in [0.15, 0.2) is 18.6 Å². The molecule has 0 aromatic carbocycles. The SMILES string of the molecule is CNc1cn2ccnc2c(NCCCO)n1. The summed E-state index contributed by atoms with van der Waals surface area (Å²) < 4.78 is 1.90. The summed E-state index contributed by atoms with van der Waals surface area (Å²) >= 11 is 0. The van der Waals surface area contributed by atoms with E-state index in [0.29, 0.717) is 13.0 Å². The highest BCUT2D eigenvalue weighted by molar-refractivity contribution is 5.65. The fourth-order valence-corrected chi connectivity index (χ4v) is 1.46. The van der Waals surface area contributed by atoms with E-state index in [4.69, 9.17) is 5.11 Å². The van der Waals surface area contributed by atoms with Gasteiger partial charge in [0.1, 0.15) is 5.82 Å². The van der Waals surface area contributed by atoms with Gasteiger partial charge in [0.2, 0.25) is 0 Å². The quantitative estimate of drug-likeness (QED) is 0.643. The van der Waals surface area contributed by atoms with Crippen molar-refractivity contribution in [2.75, 3.05) is 30.8 Å². The Hall–Kier alpha value is -1.82. The number of hydrogen-bond donors (Lipinski definition) is 3. The Kier molecular flexibility index (Phi) is 3.21. The second-order valence-electron chi connectivity index (χ2n) is 3.39. The van der Waals surface area contributed by atoms with Gasteiger partial charge < -0.3 is 20.1 Å². The number of aromatic nitrogens is 3. The van der Waals surface area contributed by atoms with Gasteiger partial charge in [-0.05, 0) is 6.42 Å². The van der Waals surface area contributed by atoms with Crippen LogP contribution in [0.2, 0.25) is 0 Å². The Labute approximate surface area is 93.3 Å². The highest BCUT2D eigenvalue weighted by atomic mass is 16.3. The van der Waals surface area contributed by atoms with Gasteiger partial charge in [0, 0.05) is 32.6 Å². The van der Waals surface area contributed by atoms with Crippen molar-refractivity contribution in [2.24, 2.45) is 0 Å². The van der Waals surface area contributed by atoms with Crippen LogP contribution >= 0.6 is 0 Å². The van der Waals surface area contributed by atoms with Crippen LogP contribution in [0.25, 0.3) is 5.65 Å². The van der Waals surface area contributed by atoms with Crippen LogP contribution in [0.3, 0.4) is 0 Å². The topological polar surface area (TPSA) is 74.5 Å². The summed E-state index contributed by atoms with van der Waals surface area (Å²) in [5.74, 6) is 1.50. The molecule has 0 saturated heterocycles. The van der Waals surface area contributed by atoms with Crippen molar-refractivity contribution in [3.05, 3.63) is 18.6 Å². The average Bonchev–Trinajstić information content (AvgIpc) is 2.77. The molecule has 0 atom stereocenters. The van der Waals surface area contributed by atoms with Crippen LogP contribution in [0.5, 0.6) is 0 Å². The summed E-state index contributed by atoms with van der Waals surface area (Å²) in [6, 6.07) is 0. The molecule has 0 aliphatic carbocycles. The normalized spacial score (nSPS) is 10.6. The maximum atomic E-state index is 8.72. The molecule has 86 valence electrons. The number of anilines is 2. The summed E-state index contributed by atoms with van der Waals surface area (Å²) in [5.41, 5.74) is 0.789. The smallest absolute Gasteiger partial charge is 0.180 e. The molecule has 6 heteroatoms. The lowest BCUT2D eigenvalue weighted by atomic mass is 10.4. The number of aliphatic hydroxyl groups excluding tert-OH is 1. The lowest BCUT2D eigenvalue weighted by Crippen LogP contribution is -2.08. The Bertz CT molecular complexity index is 467. The second-order valence-corrected chi connectivity index (χ2v) is 3.39. The van der Waals surface area contributed by atoms with Crippen molar-refractivity contribution in [1.29, 1.82) is 0 Å². The van der Waals surface area contributed by atoms with Crippen molar-refractivity contribution < 1.29 is 5.11 Å². The van der Waals surface area contributed by atoms with Gasteiger partial charge >= 0.3 is 0 Å². The predicted molar refractivity (Wildman–Crippen MR) is 62.7 cm³/mol. The van der Waals surface area contributed by atoms with Crippen LogP contribution in [0.4, 0.5) is 11.6 Å². The van der Waals surface area contributed by atoms with E-state index in [1.807, 2.05) is 23.8 Å². The number of nitrogens with zero attached hydrogens (tertiary/aromatic N) is 3. The van der Waals surface area contributed by atoms with E-state index in [0.717, 1.165) is 17.3 Å². The molecule has 0 aliphatic rings. The molecule has 0 bridgehead atoms. The summed E-state index contributed by atoms with van der Waals surface area (Å²) in [6.45, 7) is 0.850. The molecule has 0 fully saturated rings. The highest BCUT2D eigenvalue weighted by Gasteiger charge is 2.05. The van der Waals surface area contributed by atoms with Crippen LogP contribution in [0.1, 0.15) is 6.42 Å². The van der Waals surface area contributed by atoms with Crippen LogP contribution in [-0.4, -0.2) is 39.7 Å². The van der Waals surface area contributed by atoms with Crippen molar-refractivity contribution in [2.45, 2.75) is 6.42 Å². The zero-order valence-electron chi connectivity index (χ0n) is 9.14. The number of fused-ring (bicyclic) bond motifs is 1. The van der Waals surface area contributed by atoms with E-state index >= 15 is 0 Å². The van der Waals surface area contributed by atoms with E-state index in [1.165, 1.54) is 0 Å². The molecule has 0 unspecified atom stereocenters. The molecule has 0 amide bonds. The third-order valence-electron chi connectivity index (χ3n) is 2.26. The zero-order valence-corrected chi connectivity index (χ0v) is 9.14. The zero-order chi connectivity index (χ0) is 11.4. The first-order valence-electron chi connectivity index (χ1n) is 5.21. The molecular formula is C10H15N5O. The minimum Gasteiger partial charge on any atom is -0.396 e. The second kappa shape index (κ2) is 4.80. The average molecular weight is 221 g/mol. The largest absolute Gasteiger partial charge is 0.396 e. The van der Waals surface area contributed by atoms with Gasteiger partial charge in [-0.15, -0.1) is 0 Å². The predicted octanol–water partition coefficient (Wildman–Crippen LogP) is 0.565. The van der Waals surface area contributed by atoms with E-state index in [9.17, 15) is 0 Å². The molecule has 2 heterocycles. The van der Waals surface area contributed by atoms with Crippen molar-refractivity contribution in [1.82, 2.24) is 14.4 Å². The Balaban J connectivity index is 2.29. The lowest BCUT2D eigenvalue weighted by molar-refractivity contribution is 0.292. The number of imidazole rings is 1. The third kappa shape index (κ3) is 2.06. The number of aliphatic hydroxyl groups is 1. The highest BCUT2D eigenvalue weighted by Crippen LogP contribution is 2.15. The fraction of sp³-hybridized carbons (Fsp3) is 0.400. The van der Waals surface area contributed by atoms with Crippen molar-refractivity contribution in [3.63, 3.8) is 0 Å². The monoisotopic (exact) mass is 221 g/mol. The van der Waals surface area contributed by atoms with Gasteiger partial charge in [0.05, 0.1) is 6.20 Å². The van der Waals surface area contributed by atoms with E-state index in [1.54, 1.807) is 6.20 Å². The van der Waals surface area contributed by atoms with Gasteiger partial charge in [-0.3, -0.25) is 0 Å². The minimum atomic E-state index is 0.170. The number of hydrogen-bond acceptors (Lipinski definition) is 5. The molecule has 0 spiro atoms. The minimum absolute atomic E-state index is 0.170. The van der Waals surface area contributed by atoms with Crippen molar-refractivity contribution in [3.8, 4) is 0 Å². The molecule has 2 aromatic rings. The summed E-state index contributed by atoms with van der Waals surface area (Å²) in [7, 11) is 1.82. The molecule has 6 nitrogen and oxygen atoms in total. The van der Waals surface area contributed by atoms with E-state index in [-0.39, 0.29) is 6.61 Å². The van der Waals surface area contributed by atoms with E-state index < -0.39 is 0 Å². The van der Waals surface area contributed by atoms with E-state index in [2.05, 4.69) is 20.6 Å². The first kappa shape index (κ1) is 10.7. The molecule has 0 radical (unpaired) electrons. The molecule has 16 heavy (non-hydrogen) atoms. The summed E-state index contributed by atoms with van der Waals surface area (Å²) in [4.78, 5) is 8.60. The Morgan fingerprint density at radius 3 is 3.12 bits per heavy atom. The third-order valence-corrected chi connectivity index (χ3v) is 2.26. The summed E-state index contributed by atoms with van der Waals surface area (Å²) in [6.07, 6.45) is 6.17. The van der Waals surface area contributed by atoms with Crippen LogP contribution in [0, 0.1) is 0 Å². The summed E-state index contributed by atoms with van der Waals surface area (Å²) in [5, 5.41) is 14.9. The Morgan fingerprint density at radius 2 is 2.38 bits per heavy atom. The van der Waals surface area contributed by atoms with Crippen molar-refractivity contribution >= 4 is 17.3 Å². The van der Waals surface area contributed by atoms with Crippen LogP contribution < -0.4 is 10.6 Å². The molecule has 2 aromatic heterocycles. The molecule has 0 saturated carbocycles. The maximum absolute atomic E-state index is 8.72. The molecule has 0 aliphatic heterocycles. The standard InChI is InChI=1S/C10H15N5O/c1-11-8-7-15-5-4-13-10(15)9(14-8)12-3-2-6-16/h4-5,7,11,16H,2-3,6H2,1H3,(H,12,14). The molecular weight excluding hydrogens is 206 g/mol. The Morgan fingerprint density at radius 1 is 1.50 bits per heavy atom. The fourth-order valence-electron chi connectivity index (χ4n) is 1.46. The van der Waals surface area contributed by atoms with Crippen LogP contribution in [-0.2, 0) is 0 Å². The van der Waals surface area contributed by atoms with Gasteiger partial charge in [-0.2, -0.15) is 0 Å². The maximum Gasteiger partial charge on any atom is 0.180 e. The number of nitrogens with one attached hydrogen (secondary N) is 2. The first-order chi connectivity index (χ1) is 7.85. The van der Waals surface area contributed by atoms with Gasteiger partial charge in [0.15, 0.2) is 11.5 Å². The lowest BCUT2D eigenvalue weighted by Gasteiger charge is -2.08.